The molecule has 146 valence electrons. The molecule has 7 rings (SSSR count). The summed E-state index contributed by atoms with van der Waals surface area (Å²) in [5.74, 6) is 1.01. The molecule has 1 aromatic heterocycles. The van der Waals surface area contributed by atoms with Gasteiger partial charge >= 0.3 is 0 Å². The summed E-state index contributed by atoms with van der Waals surface area (Å²) in [5, 5.41) is 6.67. The van der Waals surface area contributed by atoms with E-state index < -0.39 is 0 Å². The number of imide groups is 1. The van der Waals surface area contributed by atoms with Gasteiger partial charge in [-0.1, -0.05) is 36.4 Å². The van der Waals surface area contributed by atoms with Crippen LogP contribution < -0.4 is 0 Å². The van der Waals surface area contributed by atoms with Crippen LogP contribution in [0.25, 0.3) is 10.9 Å². The average molecular weight is 385 g/mol. The molecule has 2 heterocycles. The zero-order valence-electron chi connectivity index (χ0n) is 16.4. The van der Waals surface area contributed by atoms with Crippen LogP contribution in [0.2, 0.25) is 0 Å². The van der Waals surface area contributed by atoms with Crippen molar-refractivity contribution in [3.63, 3.8) is 0 Å². The molecule has 2 aromatic rings. The van der Waals surface area contributed by atoms with Crippen LogP contribution in [0.1, 0.15) is 17.7 Å². The first-order valence-electron chi connectivity index (χ1n) is 10.4. The maximum atomic E-state index is 13.1. The minimum Gasteiger partial charge on any atom is -0.340 e. The first-order chi connectivity index (χ1) is 14.1. The first-order valence-corrected chi connectivity index (χ1v) is 10.4. The molecule has 6 atom stereocenters. The Labute approximate surface area is 169 Å². The number of benzene rings is 1. The lowest BCUT2D eigenvalue weighted by Gasteiger charge is -2.37. The van der Waals surface area contributed by atoms with E-state index in [0.717, 1.165) is 27.2 Å². The quantitative estimate of drug-likeness (QED) is 0.459. The molecule has 5 aliphatic rings. The van der Waals surface area contributed by atoms with Gasteiger partial charge in [0.05, 0.1) is 18.1 Å². The van der Waals surface area contributed by atoms with Gasteiger partial charge in [-0.05, 0) is 43.1 Å². The zero-order valence-corrected chi connectivity index (χ0v) is 16.4. The van der Waals surface area contributed by atoms with Crippen molar-refractivity contribution in [1.29, 1.82) is 0 Å². The van der Waals surface area contributed by atoms with Crippen molar-refractivity contribution in [2.75, 3.05) is 0 Å². The molecule has 5 heteroatoms. The van der Waals surface area contributed by atoms with Crippen molar-refractivity contribution in [1.82, 2.24) is 9.58 Å². The molecular weight excluding hydrogens is 362 g/mol. The highest BCUT2D eigenvalue weighted by Gasteiger charge is 2.67. The van der Waals surface area contributed by atoms with E-state index in [4.69, 9.17) is 0 Å². The van der Waals surface area contributed by atoms with Crippen LogP contribution in [0.5, 0.6) is 0 Å². The van der Waals surface area contributed by atoms with Crippen LogP contribution in [-0.4, -0.2) is 27.6 Å². The summed E-state index contributed by atoms with van der Waals surface area (Å²) in [6, 6.07) is 8.12. The predicted octanol–water partition coefficient (Wildman–Crippen LogP) is 3.52. The Bertz CT molecular complexity index is 1100. The fraction of sp³-hybridized carbons (Fsp3) is 0.375. The molecule has 1 aliphatic heterocycles. The van der Waals surface area contributed by atoms with E-state index in [1.165, 1.54) is 6.42 Å². The van der Waals surface area contributed by atoms with Gasteiger partial charge in [0.1, 0.15) is 0 Å². The zero-order chi connectivity index (χ0) is 19.9. The van der Waals surface area contributed by atoms with E-state index in [1.54, 1.807) is 6.21 Å². The van der Waals surface area contributed by atoms with Crippen LogP contribution in [0.15, 0.2) is 54.2 Å². The largest absolute Gasteiger partial charge is 0.340 e. The summed E-state index contributed by atoms with van der Waals surface area (Å²) < 4.78 is 2.18. The monoisotopic (exact) mass is 385 g/mol. The Balaban J connectivity index is 1.37. The fourth-order valence-electron chi connectivity index (χ4n) is 6.16. The summed E-state index contributed by atoms with van der Waals surface area (Å²) in [7, 11) is 0. The Morgan fingerprint density at radius 3 is 2.41 bits per heavy atom. The summed E-state index contributed by atoms with van der Waals surface area (Å²) in [4.78, 5) is 26.2. The molecule has 5 nitrogen and oxygen atoms in total. The number of nitrogens with zero attached hydrogens (tertiary/aromatic N) is 3. The normalized spacial score (nSPS) is 34.3. The Hall–Kier alpha value is -2.95. The van der Waals surface area contributed by atoms with Gasteiger partial charge in [-0.25, -0.2) is 0 Å². The molecule has 2 saturated carbocycles. The van der Waals surface area contributed by atoms with E-state index >= 15 is 0 Å². The van der Waals surface area contributed by atoms with Gasteiger partial charge in [0.2, 0.25) is 0 Å². The third-order valence-electron chi connectivity index (χ3n) is 7.53. The highest BCUT2D eigenvalue weighted by molar-refractivity contribution is 6.08. The Morgan fingerprint density at radius 1 is 1.10 bits per heavy atom. The van der Waals surface area contributed by atoms with E-state index in [2.05, 4.69) is 34.5 Å². The van der Waals surface area contributed by atoms with Crippen molar-refractivity contribution in [3.8, 4) is 0 Å². The second-order valence-electron chi connectivity index (χ2n) is 8.80. The van der Waals surface area contributed by atoms with Gasteiger partial charge < -0.3 is 4.57 Å². The number of fused-ring (bicyclic) bond motifs is 1. The lowest BCUT2D eigenvalue weighted by Crippen LogP contribution is -2.40. The topological polar surface area (TPSA) is 54.7 Å². The summed E-state index contributed by atoms with van der Waals surface area (Å²) in [5.41, 5.74) is 3.10. The van der Waals surface area contributed by atoms with Gasteiger partial charge in [-0.3, -0.25) is 9.59 Å². The Kier molecular flexibility index (Phi) is 3.38. The van der Waals surface area contributed by atoms with Crippen molar-refractivity contribution in [3.05, 3.63) is 60.3 Å². The molecular formula is C24H23N3O2. The van der Waals surface area contributed by atoms with Crippen molar-refractivity contribution in [2.45, 2.75) is 19.9 Å². The van der Waals surface area contributed by atoms with Gasteiger partial charge in [-0.2, -0.15) is 10.1 Å². The number of para-hydroxylation sites is 1. The van der Waals surface area contributed by atoms with E-state index in [-0.39, 0.29) is 35.5 Å². The SMILES string of the molecule is C=CCn1c(C)c(/C=N\N2C(=O)[C@@H]3[C@H]4C=C[C@H]([C@H]5C[C@H]45)[C@@H]3C2=O)c2ccccc21. The second kappa shape index (κ2) is 5.78. The molecule has 3 fully saturated rings. The fourth-order valence-corrected chi connectivity index (χ4v) is 6.16. The molecule has 0 spiro atoms. The minimum absolute atomic E-state index is 0.117. The molecule has 0 unspecified atom stereocenters. The molecule has 4 aliphatic carbocycles. The number of allylic oxidation sites excluding steroid dienone is 3. The van der Waals surface area contributed by atoms with Crippen LogP contribution in [0, 0.1) is 42.4 Å². The number of rotatable bonds is 4. The van der Waals surface area contributed by atoms with Crippen molar-refractivity contribution >= 4 is 28.9 Å². The van der Waals surface area contributed by atoms with E-state index in [1.807, 2.05) is 31.2 Å². The number of aromatic nitrogens is 1. The third kappa shape index (κ3) is 2.13. The predicted molar refractivity (Wildman–Crippen MR) is 111 cm³/mol. The molecule has 2 bridgehead atoms. The van der Waals surface area contributed by atoms with Crippen molar-refractivity contribution in [2.24, 2.45) is 40.6 Å². The van der Waals surface area contributed by atoms with Crippen molar-refractivity contribution < 1.29 is 9.59 Å². The number of hydrazone groups is 1. The lowest BCUT2D eigenvalue weighted by atomic mass is 9.63. The maximum absolute atomic E-state index is 13.1. The summed E-state index contributed by atoms with van der Waals surface area (Å²) >= 11 is 0. The average Bonchev–Trinajstić information content (AvgIpc) is 3.47. The first kappa shape index (κ1) is 17.0. The summed E-state index contributed by atoms with van der Waals surface area (Å²) in [6.45, 7) is 6.59. The third-order valence-corrected chi connectivity index (χ3v) is 7.53. The number of carbonyl (C=O) groups is 2. The minimum atomic E-state index is -0.207. The molecule has 0 radical (unpaired) electrons. The molecule has 2 amide bonds. The Morgan fingerprint density at radius 2 is 1.76 bits per heavy atom. The van der Waals surface area contributed by atoms with Crippen LogP contribution in [0.3, 0.4) is 0 Å². The second-order valence-corrected chi connectivity index (χ2v) is 8.80. The number of amides is 2. The van der Waals surface area contributed by atoms with Gasteiger partial charge in [-0.15, -0.1) is 6.58 Å². The van der Waals surface area contributed by atoms with Crippen LogP contribution in [0.4, 0.5) is 0 Å². The van der Waals surface area contributed by atoms with E-state index in [0.29, 0.717) is 18.4 Å². The highest BCUT2D eigenvalue weighted by atomic mass is 16.2. The highest BCUT2D eigenvalue weighted by Crippen LogP contribution is 2.65. The molecule has 1 saturated heterocycles. The summed E-state index contributed by atoms with van der Waals surface area (Å²) in [6.07, 6.45) is 9.10. The maximum Gasteiger partial charge on any atom is 0.254 e. The van der Waals surface area contributed by atoms with Gasteiger partial charge in [0.25, 0.3) is 11.8 Å². The molecule has 1 aromatic carbocycles. The van der Waals surface area contributed by atoms with Gasteiger partial charge in [0.15, 0.2) is 0 Å². The van der Waals surface area contributed by atoms with Crippen LogP contribution >= 0.6 is 0 Å². The van der Waals surface area contributed by atoms with Gasteiger partial charge in [0, 0.05) is 28.7 Å². The lowest BCUT2D eigenvalue weighted by molar-refractivity contribution is -0.140. The van der Waals surface area contributed by atoms with Crippen LogP contribution in [-0.2, 0) is 16.1 Å². The molecule has 0 N–H and O–H groups in total. The number of hydrogen-bond acceptors (Lipinski definition) is 3. The smallest absolute Gasteiger partial charge is 0.254 e. The standard InChI is InChI=1S/C24H23N3O2/c1-3-10-26-13(2)19(14-6-4-5-7-20(14)26)12-25-27-23(28)21-15-8-9-16(18-11-17(15)18)22(21)24(27)29/h3-9,12,15-18,21-22H,1,10-11H2,2H3/b25-12-/t15-,16+,17-,18-,21+,22-/m1/s1. The molecule has 29 heavy (non-hydrogen) atoms. The number of hydrogen-bond donors (Lipinski definition) is 0. The number of carbonyl (C=O) groups excluding carboxylic acids is 2. The van der Waals surface area contributed by atoms with E-state index in [9.17, 15) is 9.59 Å².